The van der Waals surface area contributed by atoms with Crippen LogP contribution < -0.4 is 0 Å². The second kappa shape index (κ2) is 2.45. The minimum absolute atomic E-state index is 0.0785. The summed E-state index contributed by atoms with van der Waals surface area (Å²) < 4.78 is 36.3. The van der Waals surface area contributed by atoms with Crippen LogP contribution in [0.4, 0.5) is 13.2 Å². The molecule has 0 aliphatic carbocycles. The fraction of sp³-hybridized carbons (Fsp3) is 0.143. The molecule has 2 rings (SSSR count). The Kier molecular flexibility index (Phi) is 1.51. The van der Waals surface area contributed by atoms with Crippen molar-refractivity contribution in [3.63, 3.8) is 0 Å². The Bertz CT molecular complexity index is 399. The largest absolute Gasteiger partial charge is 0.449 e. The monoisotopic (exact) mass is 187 g/mol. The average Bonchev–Trinajstić information content (AvgIpc) is 2.45. The molecule has 3 nitrogen and oxygen atoms in total. The average molecular weight is 187 g/mol. The number of alkyl halides is 3. The molecule has 0 aliphatic rings. The van der Waals surface area contributed by atoms with E-state index < -0.39 is 12.0 Å². The van der Waals surface area contributed by atoms with Gasteiger partial charge in [-0.2, -0.15) is 13.2 Å². The van der Waals surface area contributed by atoms with Crippen molar-refractivity contribution >= 4 is 11.2 Å². The molecule has 1 N–H and O–H groups in total. The van der Waals surface area contributed by atoms with Gasteiger partial charge in [0.25, 0.3) is 0 Å². The zero-order valence-corrected chi connectivity index (χ0v) is 6.26. The summed E-state index contributed by atoms with van der Waals surface area (Å²) in [6, 6.07) is 3.03. The number of hydrogen-bond acceptors (Lipinski definition) is 2. The van der Waals surface area contributed by atoms with Crippen LogP contribution in [0.1, 0.15) is 5.82 Å². The van der Waals surface area contributed by atoms with Crippen LogP contribution in [0, 0.1) is 0 Å². The summed E-state index contributed by atoms with van der Waals surface area (Å²) in [5.41, 5.74) is 0.365. The number of pyridine rings is 1. The van der Waals surface area contributed by atoms with Gasteiger partial charge in [-0.05, 0) is 12.1 Å². The highest BCUT2D eigenvalue weighted by Gasteiger charge is 2.34. The van der Waals surface area contributed by atoms with Crippen LogP contribution in [0.3, 0.4) is 0 Å². The Balaban J connectivity index is 2.63. The summed E-state index contributed by atoms with van der Waals surface area (Å²) in [4.78, 5) is 9.10. The number of halogens is 3. The summed E-state index contributed by atoms with van der Waals surface area (Å²) in [6.45, 7) is 0. The maximum atomic E-state index is 12.1. The van der Waals surface area contributed by atoms with Gasteiger partial charge in [0.2, 0.25) is 5.82 Å². The molecule has 0 unspecified atom stereocenters. The first kappa shape index (κ1) is 8.03. The number of rotatable bonds is 0. The number of imidazole rings is 1. The first-order valence-corrected chi connectivity index (χ1v) is 3.45. The topological polar surface area (TPSA) is 41.6 Å². The molecule has 0 fully saturated rings. The van der Waals surface area contributed by atoms with Crippen molar-refractivity contribution in [3.05, 3.63) is 24.2 Å². The van der Waals surface area contributed by atoms with Crippen molar-refractivity contribution in [1.82, 2.24) is 15.0 Å². The lowest BCUT2D eigenvalue weighted by Crippen LogP contribution is -2.06. The standard InChI is InChI=1S/C7H4F3N3/c8-7(9,10)6-12-4-2-1-3-11-5(4)13-6/h1-3H,(H,11,12,13). The molecule has 0 spiro atoms. The Morgan fingerprint density at radius 3 is 2.69 bits per heavy atom. The van der Waals surface area contributed by atoms with E-state index in [0.29, 0.717) is 0 Å². The molecule has 0 saturated carbocycles. The van der Waals surface area contributed by atoms with Crippen molar-refractivity contribution in [2.45, 2.75) is 6.18 Å². The molecule has 0 radical (unpaired) electrons. The van der Waals surface area contributed by atoms with E-state index in [1.165, 1.54) is 12.3 Å². The highest BCUT2D eigenvalue weighted by atomic mass is 19.4. The molecule has 68 valence electrons. The number of aromatic nitrogens is 3. The van der Waals surface area contributed by atoms with Gasteiger partial charge in [0, 0.05) is 6.20 Å². The van der Waals surface area contributed by atoms with Crippen LogP contribution in [0.25, 0.3) is 11.2 Å². The lowest BCUT2D eigenvalue weighted by Gasteiger charge is -1.98. The molecule has 0 bridgehead atoms. The number of hydrogen-bond donors (Lipinski definition) is 1. The third-order valence-corrected chi connectivity index (χ3v) is 1.53. The number of fused-ring (bicyclic) bond motifs is 1. The van der Waals surface area contributed by atoms with Gasteiger partial charge in [0.05, 0.1) is 5.52 Å². The highest BCUT2D eigenvalue weighted by Crippen LogP contribution is 2.27. The zero-order valence-electron chi connectivity index (χ0n) is 6.26. The molecule has 13 heavy (non-hydrogen) atoms. The minimum atomic E-state index is -4.44. The van der Waals surface area contributed by atoms with E-state index in [-0.39, 0.29) is 11.2 Å². The van der Waals surface area contributed by atoms with Crippen molar-refractivity contribution < 1.29 is 13.2 Å². The molecule has 0 atom stereocenters. The SMILES string of the molecule is FC(F)(F)c1nc2ncccc2[nH]1. The van der Waals surface area contributed by atoms with E-state index >= 15 is 0 Å². The van der Waals surface area contributed by atoms with Gasteiger partial charge in [0.15, 0.2) is 5.65 Å². The van der Waals surface area contributed by atoms with Gasteiger partial charge in [-0.3, -0.25) is 0 Å². The molecule has 2 aromatic heterocycles. The Hall–Kier alpha value is -1.59. The molecule has 0 saturated heterocycles. The predicted molar refractivity (Wildman–Crippen MR) is 38.9 cm³/mol. The van der Waals surface area contributed by atoms with Crippen LogP contribution in [-0.2, 0) is 6.18 Å². The second-order valence-electron chi connectivity index (χ2n) is 2.46. The molecular weight excluding hydrogens is 183 g/mol. The summed E-state index contributed by atoms with van der Waals surface area (Å²) >= 11 is 0. The van der Waals surface area contributed by atoms with E-state index in [1.807, 2.05) is 0 Å². The lowest BCUT2D eigenvalue weighted by atomic mass is 10.4. The fourth-order valence-electron chi connectivity index (χ4n) is 0.979. The smallest absolute Gasteiger partial charge is 0.333 e. The maximum absolute atomic E-state index is 12.1. The lowest BCUT2D eigenvalue weighted by molar-refractivity contribution is -0.144. The first-order chi connectivity index (χ1) is 6.07. The van der Waals surface area contributed by atoms with Crippen LogP contribution in [0.2, 0.25) is 0 Å². The second-order valence-corrected chi connectivity index (χ2v) is 2.46. The third-order valence-electron chi connectivity index (χ3n) is 1.53. The van der Waals surface area contributed by atoms with Crippen molar-refractivity contribution in [1.29, 1.82) is 0 Å². The van der Waals surface area contributed by atoms with Crippen LogP contribution in [-0.4, -0.2) is 15.0 Å². The van der Waals surface area contributed by atoms with E-state index in [2.05, 4.69) is 15.0 Å². The number of H-pyrrole nitrogens is 1. The fourth-order valence-corrected chi connectivity index (χ4v) is 0.979. The summed E-state index contributed by atoms with van der Waals surface area (Å²) in [6.07, 6.45) is -3.05. The normalized spacial score (nSPS) is 12.2. The first-order valence-electron chi connectivity index (χ1n) is 3.45. The molecule has 0 amide bonds. The summed E-state index contributed by atoms with van der Waals surface area (Å²) in [7, 11) is 0. The van der Waals surface area contributed by atoms with Crippen molar-refractivity contribution in [2.24, 2.45) is 0 Å². The van der Waals surface area contributed by atoms with E-state index in [1.54, 1.807) is 6.07 Å². The van der Waals surface area contributed by atoms with E-state index in [0.717, 1.165) is 0 Å². The molecule has 2 aromatic rings. The molecule has 2 heterocycles. The third kappa shape index (κ3) is 1.34. The van der Waals surface area contributed by atoms with Crippen LogP contribution >= 0.6 is 0 Å². The van der Waals surface area contributed by atoms with Crippen molar-refractivity contribution in [2.75, 3.05) is 0 Å². The highest BCUT2D eigenvalue weighted by molar-refractivity contribution is 5.69. The summed E-state index contributed by atoms with van der Waals surface area (Å²) in [5.74, 6) is -1.01. The maximum Gasteiger partial charge on any atom is 0.449 e. The Morgan fingerprint density at radius 2 is 2.08 bits per heavy atom. The van der Waals surface area contributed by atoms with E-state index in [4.69, 9.17) is 0 Å². The van der Waals surface area contributed by atoms with Gasteiger partial charge >= 0.3 is 6.18 Å². The number of nitrogens with one attached hydrogen (secondary N) is 1. The van der Waals surface area contributed by atoms with E-state index in [9.17, 15) is 13.2 Å². The van der Waals surface area contributed by atoms with Gasteiger partial charge in [-0.15, -0.1) is 0 Å². The number of nitrogens with zero attached hydrogens (tertiary/aromatic N) is 2. The predicted octanol–water partition coefficient (Wildman–Crippen LogP) is 1.98. The minimum Gasteiger partial charge on any atom is -0.333 e. The molecule has 6 heteroatoms. The quantitative estimate of drug-likeness (QED) is 0.685. The van der Waals surface area contributed by atoms with Gasteiger partial charge in [-0.1, -0.05) is 0 Å². The van der Waals surface area contributed by atoms with Gasteiger partial charge in [-0.25, -0.2) is 9.97 Å². The molecule has 0 aliphatic heterocycles. The van der Waals surface area contributed by atoms with Crippen LogP contribution in [0.5, 0.6) is 0 Å². The van der Waals surface area contributed by atoms with Crippen molar-refractivity contribution in [3.8, 4) is 0 Å². The van der Waals surface area contributed by atoms with Gasteiger partial charge < -0.3 is 4.98 Å². The van der Waals surface area contributed by atoms with Gasteiger partial charge in [0.1, 0.15) is 0 Å². The Morgan fingerprint density at radius 1 is 1.31 bits per heavy atom. The zero-order chi connectivity index (χ0) is 9.47. The summed E-state index contributed by atoms with van der Waals surface area (Å²) in [5, 5.41) is 0. The van der Waals surface area contributed by atoms with Crippen LogP contribution in [0.15, 0.2) is 18.3 Å². The molecule has 0 aromatic carbocycles. The Labute approximate surface area is 70.6 Å². The number of aromatic amines is 1. The molecular formula is C7H4F3N3.